The summed E-state index contributed by atoms with van der Waals surface area (Å²) in [6.45, 7) is 10.2. The molecule has 0 radical (unpaired) electrons. The number of allylic oxidation sites excluding steroid dienone is 2. The summed E-state index contributed by atoms with van der Waals surface area (Å²) in [6, 6.07) is 0. The molecule has 1 fully saturated rings. The van der Waals surface area contributed by atoms with Gasteiger partial charge in [0.05, 0.1) is 16.4 Å². The average Bonchev–Trinajstić information content (AvgIpc) is 2.20. The zero-order chi connectivity index (χ0) is 13.6. The molecule has 0 heterocycles. The maximum absolute atomic E-state index is 12.2. The molecular formula is C14H20O3. The van der Waals surface area contributed by atoms with E-state index in [0.29, 0.717) is 0 Å². The van der Waals surface area contributed by atoms with Gasteiger partial charge in [0.25, 0.3) is 0 Å². The van der Waals surface area contributed by atoms with Crippen molar-refractivity contribution in [3.8, 4) is 0 Å². The predicted octanol–water partition coefficient (Wildman–Crippen LogP) is 2.34. The second kappa shape index (κ2) is 3.90. The molecule has 0 spiro atoms. The van der Waals surface area contributed by atoms with Gasteiger partial charge >= 0.3 is 0 Å². The minimum atomic E-state index is -1.10. The molecule has 0 saturated heterocycles. The monoisotopic (exact) mass is 236 g/mol. The summed E-state index contributed by atoms with van der Waals surface area (Å²) in [5.74, 6) is -0.875. The molecule has 0 N–H and O–H groups in total. The van der Waals surface area contributed by atoms with Gasteiger partial charge in [-0.1, -0.05) is 19.9 Å². The van der Waals surface area contributed by atoms with Crippen molar-refractivity contribution in [2.45, 2.75) is 41.5 Å². The van der Waals surface area contributed by atoms with E-state index in [1.54, 1.807) is 33.8 Å². The lowest BCUT2D eigenvalue weighted by molar-refractivity contribution is -0.151. The smallest absolute Gasteiger partial charge is 0.179 e. The van der Waals surface area contributed by atoms with Crippen LogP contribution in [0.15, 0.2) is 11.6 Å². The highest BCUT2D eigenvalue weighted by molar-refractivity contribution is 6.38. The molecule has 1 aliphatic carbocycles. The normalized spacial score (nSPS) is 23.2. The quantitative estimate of drug-likeness (QED) is 0.399. The SMILES string of the molecule is CC(C)C=C1C(=O)C(C)(C)C(=O)C(C)(C)C1=O. The first-order valence-electron chi connectivity index (χ1n) is 5.89. The Kier molecular flexibility index (Phi) is 3.17. The van der Waals surface area contributed by atoms with Gasteiger partial charge in [-0.15, -0.1) is 0 Å². The first-order chi connectivity index (χ1) is 7.52. The summed E-state index contributed by atoms with van der Waals surface area (Å²) in [5, 5.41) is 0. The van der Waals surface area contributed by atoms with Gasteiger partial charge in [-0.2, -0.15) is 0 Å². The van der Waals surface area contributed by atoms with E-state index in [0.717, 1.165) is 0 Å². The zero-order valence-corrected chi connectivity index (χ0v) is 11.4. The van der Waals surface area contributed by atoms with E-state index in [2.05, 4.69) is 0 Å². The van der Waals surface area contributed by atoms with Crippen LogP contribution in [0.5, 0.6) is 0 Å². The number of hydrogen-bond donors (Lipinski definition) is 0. The van der Waals surface area contributed by atoms with E-state index in [9.17, 15) is 14.4 Å². The van der Waals surface area contributed by atoms with Gasteiger partial charge in [-0.25, -0.2) is 0 Å². The van der Waals surface area contributed by atoms with E-state index < -0.39 is 10.8 Å². The number of Topliss-reactive ketones (excluding diaryl/α,β-unsaturated/α-hetero) is 3. The number of rotatable bonds is 1. The first kappa shape index (κ1) is 13.8. The lowest BCUT2D eigenvalue weighted by Crippen LogP contribution is -2.53. The van der Waals surface area contributed by atoms with Crippen molar-refractivity contribution in [1.29, 1.82) is 0 Å². The molecule has 0 bridgehead atoms. The number of carbonyl (C=O) groups excluding carboxylic acids is 3. The Labute approximate surface area is 102 Å². The summed E-state index contributed by atoms with van der Waals surface area (Å²) in [7, 11) is 0. The Bertz CT molecular complexity index is 391. The van der Waals surface area contributed by atoms with Crippen molar-refractivity contribution >= 4 is 17.3 Å². The fourth-order valence-electron chi connectivity index (χ4n) is 2.25. The molecule has 0 aromatic heterocycles. The molecule has 17 heavy (non-hydrogen) atoms. The van der Waals surface area contributed by atoms with E-state index in [1.807, 2.05) is 13.8 Å². The molecule has 0 aromatic carbocycles. The van der Waals surface area contributed by atoms with Crippen molar-refractivity contribution < 1.29 is 14.4 Å². The average molecular weight is 236 g/mol. The third-order valence-electron chi connectivity index (χ3n) is 3.26. The van der Waals surface area contributed by atoms with Crippen LogP contribution in [-0.4, -0.2) is 17.3 Å². The summed E-state index contributed by atoms with van der Waals surface area (Å²) < 4.78 is 0. The van der Waals surface area contributed by atoms with Gasteiger partial charge in [-0.05, 0) is 33.6 Å². The molecule has 1 aliphatic rings. The zero-order valence-electron chi connectivity index (χ0n) is 11.4. The molecule has 0 unspecified atom stereocenters. The molecule has 0 aromatic rings. The highest BCUT2D eigenvalue weighted by Gasteiger charge is 2.55. The molecule has 0 amide bonds. The van der Waals surface area contributed by atoms with Gasteiger partial charge in [-0.3, -0.25) is 14.4 Å². The molecule has 0 aliphatic heterocycles. The minimum Gasteiger partial charge on any atom is -0.297 e. The highest BCUT2D eigenvalue weighted by Crippen LogP contribution is 2.40. The summed E-state index contributed by atoms with van der Waals surface area (Å²) >= 11 is 0. The van der Waals surface area contributed by atoms with Gasteiger partial charge in [0, 0.05) is 0 Å². The predicted molar refractivity (Wildman–Crippen MR) is 65.5 cm³/mol. The van der Waals surface area contributed by atoms with E-state index in [-0.39, 0.29) is 28.8 Å². The van der Waals surface area contributed by atoms with Crippen LogP contribution in [0, 0.1) is 16.7 Å². The van der Waals surface area contributed by atoms with Crippen LogP contribution < -0.4 is 0 Å². The van der Waals surface area contributed by atoms with Gasteiger partial charge in [0.1, 0.15) is 0 Å². The largest absolute Gasteiger partial charge is 0.297 e. The van der Waals surface area contributed by atoms with Crippen molar-refractivity contribution in [3.05, 3.63) is 11.6 Å². The Balaban J connectivity index is 3.42. The Hall–Kier alpha value is -1.25. The van der Waals surface area contributed by atoms with Gasteiger partial charge in [0.2, 0.25) is 0 Å². The fourth-order valence-corrected chi connectivity index (χ4v) is 2.25. The van der Waals surface area contributed by atoms with Crippen LogP contribution in [0.2, 0.25) is 0 Å². The van der Waals surface area contributed by atoms with Gasteiger partial charge in [0.15, 0.2) is 17.3 Å². The standard InChI is InChI=1S/C14H20O3/c1-8(2)7-9-10(15)13(3,4)12(17)14(5,6)11(9)16/h7-8H,1-6H3. The van der Waals surface area contributed by atoms with Crippen LogP contribution in [0.1, 0.15) is 41.5 Å². The van der Waals surface area contributed by atoms with Crippen LogP contribution in [0.4, 0.5) is 0 Å². The fraction of sp³-hybridized carbons (Fsp3) is 0.643. The summed E-state index contributed by atoms with van der Waals surface area (Å²) in [4.78, 5) is 36.5. The van der Waals surface area contributed by atoms with Crippen LogP contribution in [0.3, 0.4) is 0 Å². The van der Waals surface area contributed by atoms with Gasteiger partial charge < -0.3 is 0 Å². The van der Waals surface area contributed by atoms with Crippen molar-refractivity contribution in [1.82, 2.24) is 0 Å². The maximum atomic E-state index is 12.2. The summed E-state index contributed by atoms with van der Waals surface area (Å²) in [6.07, 6.45) is 1.67. The van der Waals surface area contributed by atoms with Crippen LogP contribution in [0.25, 0.3) is 0 Å². The van der Waals surface area contributed by atoms with Crippen LogP contribution in [-0.2, 0) is 14.4 Å². The topological polar surface area (TPSA) is 51.2 Å². The van der Waals surface area contributed by atoms with Crippen molar-refractivity contribution in [3.63, 3.8) is 0 Å². The minimum absolute atomic E-state index is 0.109. The van der Waals surface area contributed by atoms with E-state index in [1.165, 1.54) is 0 Å². The number of hydrogen-bond acceptors (Lipinski definition) is 3. The number of carbonyl (C=O) groups is 3. The van der Waals surface area contributed by atoms with Crippen molar-refractivity contribution in [2.75, 3.05) is 0 Å². The molecular weight excluding hydrogens is 216 g/mol. The molecule has 1 saturated carbocycles. The Morgan fingerprint density at radius 2 is 1.24 bits per heavy atom. The molecule has 94 valence electrons. The van der Waals surface area contributed by atoms with Crippen LogP contribution >= 0.6 is 0 Å². The lowest BCUT2D eigenvalue weighted by Gasteiger charge is -2.37. The van der Waals surface area contributed by atoms with Crippen molar-refractivity contribution in [2.24, 2.45) is 16.7 Å². The Morgan fingerprint density at radius 3 is 1.53 bits per heavy atom. The second-order valence-corrected chi connectivity index (χ2v) is 6.06. The second-order valence-electron chi connectivity index (χ2n) is 6.06. The van der Waals surface area contributed by atoms with E-state index >= 15 is 0 Å². The Morgan fingerprint density at radius 1 is 0.882 bits per heavy atom. The third kappa shape index (κ3) is 1.99. The number of ketones is 3. The third-order valence-corrected chi connectivity index (χ3v) is 3.26. The highest BCUT2D eigenvalue weighted by atomic mass is 16.2. The first-order valence-corrected chi connectivity index (χ1v) is 5.89. The lowest BCUT2D eigenvalue weighted by atomic mass is 9.60. The van der Waals surface area contributed by atoms with E-state index in [4.69, 9.17) is 0 Å². The molecule has 3 nitrogen and oxygen atoms in total. The molecule has 0 atom stereocenters. The molecule has 1 rings (SSSR count). The maximum Gasteiger partial charge on any atom is 0.179 e. The summed E-state index contributed by atoms with van der Waals surface area (Å²) in [5.41, 5.74) is -2.01. The molecule has 3 heteroatoms.